The lowest BCUT2D eigenvalue weighted by molar-refractivity contribution is -0.144. The van der Waals surface area contributed by atoms with Crippen molar-refractivity contribution >= 4 is 47.3 Å². The molecular formula is C57H80N10O10. The zero-order chi connectivity index (χ0) is 56.8. The first kappa shape index (κ1) is 61.9. The minimum Gasteiger partial charge on any atom is -0.508 e. The van der Waals surface area contributed by atoms with Crippen LogP contribution in [-0.4, -0.2) is 116 Å². The maximum Gasteiger partial charge on any atom is 0.326 e. The zero-order valence-electron chi connectivity index (χ0n) is 45.5. The molecule has 4 aromatic rings. The molecule has 0 saturated carbocycles. The van der Waals surface area contributed by atoms with Gasteiger partial charge < -0.3 is 58.1 Å². The van der Waals surface area contributed by atoms with E-state index in [2.05, 4.69) is 47.2 Å². The average molecular weight is 1070 g/mol. The summed E-state index contributed by atoms with van der Waals surface area (Å²) in [6, 6.07) is 14.1. The molecule has 0 fully saturated rings. The maximum absolute atomic E-state index is 14.7. The first-order valence-corrected chi connectivity index (χ1v) is 26.5. The number of amides is 7. The normalized spacial score (nSPS) is 15.2. The van der Waals surface area contributed by atoms with Gasteiger partial charge in [-0.15, -0.1) is 0 Å². The molecule has 4 rings (SSSR count). The maximum atomic E-state index is 14.7. The van der Waals surface area contributed by atoms with E-state index >= 15 is 0 Å². The van der Waals surface area contributed by atoms with Crippen LogP contribution < -0.4 is 43.0 Å². The van der Waals surface area contributed by atoms with Crippen LogP contribution in [0.25, 0.3) is 0 Å². The number of carbonyl (C=O) groups excluding carboxylic acids is 7. The van der Waals surface area contributed by atoms with Crippen molar-refractivity contribution in [3.8, 4) is 5.75 Å². The third-order valence-corrected chi connectivity index (χ3v) is 13.4. The molecule has 10 unspecified atom stereocenters. The number of imidazole rings is 1. The molecule has 0 saturated heterocycles. The number of nitrogens with one attached hydrogen (secondary N) is 8. The van der Waals surface area contributed by atoms with Gasteiger partial charge in [-0.1, -0.05) is 141 Å². The molecule has 20 nitrogen and oxygen atoms in total. The van der Waals surface area contributed by atoms with Crippen LogP contribution in [0.3, 0.4) is 0 Å². The summed E-state index contributed by atoms with van der Waals surface area (Å²) in [6.07, 6.45) is 4.12. The van der Waals surface area contributed by atoms with Crippen molar-refractivity contribution in [1.29, 1.82) is 0 Å². The summed E-state index contributed by atoms with van der Waals surface area (Å²) in [5.41, 5.74) is 8.59. The zero-order valence-corrected chi connectivity index (χ0v) is 45.5. The van der Waals surface area contributed by atoms with Crippen molar-refractivity contribution in [1.82, 2.24) is 47.2 Å². The van der Waals surface area contributed by atoms with E-state index in [1.54, 1.807) is 93.7 Å². The lowest BCUT2D eigenvalue weighted by Gasteiger charge is -2.30. The van der Waals surface area contributed by atoms with Crippen LogP contribution in [0.1, 0.15) is 103 Å². The molecule has 1 aromatic heterocycles. The van der Waals surface area contributed by atoms with Crippen LogP contribution in [0.2, 0.25) is 0 Å². The first-order valence-electron chi connectivity index (χ1n) is 26.5. The number of nitrogens with two attached hydrogens (primary N) is 1. The number of hydrogen-bond acceptors (Lipinski definition) is 11. The van der Waals surface area contributed by atoms with Gasteiger partial charge in [-0.3, -0.25) is 33.6 Å². The van der Waals surface area contributed by atoms with E-state index in [4.69, 9.17) is 5.73 Å². The Bertz CT molecular complexity index is 2530. The fourth-order valence-electron chi connectivity index (χ4n) is 8.58. The Balaban J connectivity index is 1.64. The summed E-state index contributed by atoms with van der Waals surface area (Å²) < 4.78 is 0. The number of aromatic hydroxyl groups is 1. The van der Waals surface area contributed by atoms with Crippen molar-refractivity contribution in [3.63, 3.8) is 0 Å². The van der Waals surface area contributed by atoms with E-state index in [1.807, 2.05) is 40.7 Å². The van der Waals surface area contributed by atoms with Gasteiger partial charge in [-0.25, -0.2) is 9.78 Å². The summed E-state index contributed by atoms with van der Waals surface area (Å²) in [5, 5.41) is 39.3. The van der Waals surface area contributed by atoms with Crippen molar-refractivity contribution in [2.45, 2.75) is 155 Å². The fourth-order valence-corrected chi connectivity index (χ4v) is 8.58. The van der Waals surface area contributed by atoms with E-state index in [0.717, 1.165) is 5.56 Å². The highest BCUT2D eigenvalue weighted by atomic mass is 16.4. The molecule has 0 bridgehead atoms. The van der Waals surface area contributed by atoms with Crippen LogP contribution in [0.4, 0.5) is 0 Å². The SMILES string of the molecule is CCC(C)C(NC(=O)C(Cc1ccc(O)cc1)NC(=O)C(NC(=O)C(Cc1ccccc1)NC(=O)C(CC(C)C)NC(=O)C(Cc1c[nH]cn1)NC(=O)C(Cc1ccccc1)NC(=O)C(N)CC(C)C)C(C)CC)C(=O)O. The molecule has 7 amide bonds. The summed E-state index contributed by atoms with van der Waals surface area (Å²) in [5.74, 6) is -7.27. The molecule has 0 radical (unpaired) electrons. The molecular weight excluding hydrogens is 985 g/mol. The van der Waals surface area contributed by atoms with Crippen molar-refractivity contribution < 1.29 is 48.6 Å². The van der Waals surface area contributed by atoms with Crippen LogP contribution in [0.5, 0.6) is 5.75 Å². The molecule has 418 valence electrons. The van der Waals surface area contributed by atoms with E-state index in [9.17, 15) is 48.6 Å². The number of aliphatic carboxylic acids is 1. The van der Waals surface area contributed by atoms with Gasteiger partial charge in [0.2, 0.25) is 41.4 Å². The third-order valence-electron chi connectivity index (χ3n) is 13.4. The van der Waals surface area contributed by atoms with E-state index in [0.29, 0.717) is 36.1 Å². The Morgan fingerprint density at radius 2 is 0.883 bits per heavy atom. The van der Waals surface area contributed by atoms with E-state index in [1.165, 1.54) is 18.5 Å². The van der Waals surface area contributed by atoms with Gasteiger partial charge >= 0.3 is 5.97 Å². The lowest BCUT2D eigenvalue weighted by Crippen LogP contribution is -2.61. The Morgan fingerprint density at radius 1 is 0.494 bits per heavy atom. The number of aromatic amines is 1. The molecule has 20 heteroatoms. The highest BCUT2D eigenvalue weighted by Crippen LogP contribution is 2.17. The number of carboxylic acid groups (broad SMARTS) is 1. The molecule has 0 aliphatic heterocycles. The van der Waals surface area contributed by atoms with Crippen molar-refractivity contribution in [2.24, 2.45) is 29.4 Å². The van der Waals surface area contributed by atoms with Crippen LogP contribution in [0.15, 0.2) is 97.5 Å². The molecule has 77 heavy (non-hydrogen) atoms. The summed E-state index contributed by atoms with van der Waals surface area (Å²) >= 11 is 0. The first-order chi connectivity index (χ1) is 36.6. The fraction of sp³-hybridized carbons (Fsp3) is 0.491. The summed E-state index contributed by atoms with van der Waals surface area (Å²) in [4.78, 5) is 119. The van der Waals surface area contributed by atoms with Gasteiger partial charge in [-0.2, -0.15) is 0 Å². The number of carbonyl (C=O) groups is 8. The molecule has 3 aromatic carbocycles. The summed E-state index contributed by atoms with van der Waals surface area (Å²) in [7, 11) is 0. The monoisotopic (exact) mass is 1060 g/mol. The largest absolute Gasteiger partial charge is 0.508 e. The van der Waals surface area contributed by atoms with Gasteiger partial charge in [0.1, 0.15) is 48.0 Å². The number of phenolic OH excluding ortho intramolecular Hbond substituents is 1. The topological polar surface area (TPSA) is 316 Å². The second-order valence-corrected chi connectivity index (χ2v) is 20.8. The number of hydrogen-bond donors (Lipinski definition) is 11. The number of phenols is 1. The Morgan fingerprint density at radius 3 is 1.32 bits per heavy atom. The molecule has 0 spiro atoms. The van der Waals surface area contributed by atoms with Gasteiger partial charge in [0, 0.05) is 31.9 Å². The minimum atomic E-state index is -1.32. The number of rotatable bonds is 31. The number of H-pyrrole nitrogens is 1. The molecule has 10 atom stereocenters. The number of nitrogens with zero attached hydrogens (tertiary/aromatic N) is 1. The highest BCUT2D eigenvalue weighted by Gasteiger charge is 2.37. The summed E-state index contributed by atoms with van der Waals surface area (Å²) in [6.45, 7) is 14.6. The molecule has 0 aliphatic carbocycles. The number of aromatic nitrogens is 2. The predicted octanol–water partition coefficient (Wildman–Crippen LogP) is 3.38. The van der Waals surface area contributed by atoms with Crippen LogP contribution >= 0.6 is 0 Å². The van der Waals surface area contributed by atoms with Crippen LogP contribution in [-0.2, 0) is 64.0 Å². The van der Waals surface area contributed by atoms with Gasteiger partial charge in [-0.05, 0) is 65.3 Å². The molecule has 1 heterocycles. The quantitative estimate of drug-likeness (QED) is 0.0346. The van der Waals surface area contributed by atoms with E-state index < -0.39 is 107 Å². The second-order valence-electron chi connectivity index (χ2n) is 20.8. The molecule has 12 N–H and O–H groups in total. The minimum absolute atomic E-state index is 0.0240. The average Bonchev–Trinajstić information content (AvgIpc) is 3.91. The number of carboxylic acids is 1. The molecule has 0 aliphatic rings. The van der Waals surface area contributed by atoms with E-state index in [-0.39, 0.29) is 49.7 Å². The predicted molar refractivity (Wildman–Crippen MR) is 291 cm³/mol. The smallest absolute Gasteiger partial charge is 0.326 e. The Kier molecular flexibility index (Phi) is 24.8. The van der Waals surface area contributed by atoms with Crippen LogP contribution in [0, 0.1) is 23.7 Å². The van der Waals surface area contributed by atoms with Crippen molar-refractivity contribution in [3.05, 3.63) is 120 Å². The third kappa shape index (κ3) is 20.5. The van der Waals surface area contributed by atoms with Crippen molar-refractivity contribution in [2.75, 3.05) is 0 Å². The lowest BCUT2D eigenvalue weighted by atomic mass is 9.95. The van der Waals surface area contributed by atoms with Gasteiger partial charge in [0.25, 0.3) is 0 Å². The van der Waals surface area contributed by atoms with Gasteiger partial charge in [0.05, 0.1) is 18.1 Å². The second kappa shape index (κ2) is 30.8. The standard InChI is InChI=1S/C57H80N10O10/c1-9-35(7)48(56(75)65-46(29-39-21-23-41(68)24-22-39)55(74)67-49(57(76)77)36(8)10-2)66-54(73)45(28-38-19-15-12-16-20-38)63-51(70)43(26-34(5)6)62-53(72)47(30-40-31-59-32-60-40)64-52(71)44(27-37-17-13-11-14-18-37)61-50(69)42(58)25-33(3)4/h11-24,31-36,42-49,68H,9-10,25-30,58H2,1-8H3,(H,59,60)(H,61,69)(H,62,72)(H,63,70)(H,64,71)(H,65,75)(H,66,73)(H,67,74)(H,76,77). The van der Waals surface area contributed by atoms with Gasteiger partial charge in [0.15, 0.2) is 0 Å². The highest BCUT2D eigenvalue weighted by molar-refractivity contribution is 5.98. The number of benzene rings is 3. The Hall–Kier alpha value is -7.61. The Labute approximate surface area is 451 Å².